The van der Waals surface area contributed by atoms with Crippen LogP contribution in [0.3, 0.4) is 0 Å². The van der Waals surface area contributed by atoms with Gasteiger partial charge in [-0.25, -0.2) is 4.79 Å². The highest BCUT2D eigenvalue weighted by molar-refractivity contribution is 5.69. The number of ether oxygens (including phenoxy) is 2. The lowest BCUT2D eigenvalue weighted by Gasteiger charge is -2.32. The Morgan fingerprint density at radius 3 is 2.41 bits per heavy atom. The van der Waals surface area contributed by atoms with Crippen molar-refractivity contribution in [3.05, 3.63) is 0 Å². The fourth-order valence-electron chi connectivity index (χ4n) is 1.58. The molecule has 5 nitrogen and oxygen atoms in total. The van der Waals surface area contributed by atoms with E-state index in [4.69, 9.17) is 9.47 Å². The van der Waals surface area contributed by atoms with Crippen LogP contribution >= 0.6 is 0 Å². The van der Waals surface area contributed by atoms with Crippen LogP contribution in [0.15, 0.2) is 0 Å². The van der Waals surface area contributed by atoms with Crippen LogP contribution in [-0.2, 0) is 9.47 Å². The summed E-state index contributed by atoms with van der Waals surface area (Å²) >= 11 is 0. The second-order valence-electron chi connectivity index (χ2n) is 5.21. The number of aliphatic hydroxyl groups excluding tert-OH is 1. The predicted molar refractivity (Wildman–Crippen MR) is 63.6 cm³/mol. The lowest BCUT2D eigenvalue weighted by atomic mass is 10.2. The largest absolute Gasteiger partial charge is 0.444 e. The molecule has 1 fully saturated rings. The first-order chi connectivity index (χ1) is 7.89. The van der Waals surface area contributed by atoms with Crippen molar-refractivity contribution in [3.63, 3.8) is 0 Å². The van der Waals surface area contributed by atoms with Crippen molar-refractivity contribution in [1.82, 2.24) is 4.90 Å². The van der Waals surface area contributed by atoms with Crippen LogP contribution in [0.1, 0.15) is 40.5 Å². The second-order valence-corrected chi connectivity index (χ2v) is 5.21. The first kappa shape index (κ1) is 14.3. The van der Waals surface area contributed by atoms with E-state index >= 15 is 0 Å². The maximum absolute atomic E-state index is 12.0. The van der Waals surface area contributed by atoms with Gasteiger partial charge in [-0.2, -0.15) is 0 Å². The number of carbonyl (C=O) groups excluding carboxylic acids is 1. The van der Waals surface area contributed by atoms with Gasteiger partial charge in [-0.15, -0.1) is 0 Å². The summed E-state index contributed by atoms with van der Waals surface area (Å²) in [5.74, 6) is 0. The van der Waals surface area contributed by atoms with Crippen molar-refractivity contribution in [3.8, 4) is 0 Å². The van der Waals surface area contributed by atoms with Crippen molar-refractivity contribution in [1.29, 1.82) is 0 Å². The molecule has 1 atom stereocenters. The summed E-state index contributed by atoms with van der Waals surface area (Å²) in [6.07, 6.45) is 0.890. The minimum absolute atomic E-state index is 0.147. The second kappa shape index (κ2) is 5.69. The fraction of sp³-hybridized carbons (Fsp3) is 0.917. The molecule has 1 N–H and O–H groups in total. The van der Waals surface area contributed by atoms with Gasteiger partial charge in [0, 0.05) is 12.6 Å². The van der Waals surface area contributed by atoms with Crippen molar-refractivity contribution in [2.24, 2.45) is 0 Å². The number of hydrogen-bond acceptors (Lipinski definition) is 4. The molecule has 17 heavy (non-hydrogen) atoms. The normalized spacial score (nSPS) is 17.7. The van der Waals surface area contributed by atoms with Crippen LogP contribution in [-0.4, -0.2) is 47.2 Å². The number of carbonyl (C=O) groups is 1. The summed E-state index contributed by atoms with van der Waals surface area (Å²) < 4.78 is 10.7. The van der Waals surface area contributed by atoms with Gasteiger partial charge >= 0.3 is 6.09 Å². The van der Waals surface area contributed by atoms with E-state index in [1.807, 2.05) is 27.7 Å². The highest BCUT2D eigenvalue weighted by Crippen LogP contribution is 2.30. The van der Waals surface area contributed by atoms with E-state index in [1.54, 1.807) is 0 Å². The van der Waals surface area contributed by atoms with E-state index in [1.165, 1.54) is 4.90 Å². The van der Waals surface area contributed by atoms with Crippen LogP contribution < -0.4 is 0 Å². The van der Waals surface area contributed by atoms with Crippen LogP contribution in [0.25, 0.3) is 0 Å². The van der Waals surface area contributed by atoms with Crippen LogP contribution in [0, 0.1) is 0 Å². The SMILES string of the molecule is CCOC(CO)N(C(=O)OC(C)(C)C)C1CC1. The van der Waals surface area contributed by atoms with Gasteiger partial charge in [-0.05, 0) is 40.5 Å². The van der Waals surface area contributed by atoms with Gasteiger partial charge in [0.15, 0.2) is 6.23 Å². The lowest BCUT2D eigenvalue weighted by Crippen LogP contribution is -2.47. The standard InChI is InChI=1S/C12H23NO4/c1-5-16-10(8-14)13(9-6-7-9)11(15)17-12(2,3)4/h9-10,14H,5-8H2,1-4H3. The molecule has 1 amide bonds. The van der Waals surface area contributed by atoms with E-state index in [9.17, 15) is 9.90 Å². The third-order valence-corrected chi connectivity index (χ3v) is 2.37. The van der Waals surface area contributed by atoms with Crippen LogP contribution in [0.4, 0.5) is 4.79 Å². The molecule has 0 saturated heterocycles. The first-order valence-corrected chi connectivity index (χ1v) is 6.12. The van der Waals surface area contributed by atoms with Gasteiger partial charge in [0.2, 0.25) is 0 Å². The highest BCUT2D eigenvalue weighted by Gasteiger charge is 2.39. The third-order valence-electron chi connectivity index (χ3n) is 2.37. The van der Waals surface area contributed by atoms with Gasteiger partial charge in [0.25, 0.3) is 0 Å². The summed E-state index contributed by atoms with van der Waals surface area (Å²) in [4.78, 5) is 13.6. The van der Waals surface area contributed by atoms with E-state index in [0.29, 0.717) is 6.61 Å². The third kappa shape index (κ3) is 4.52. The van der Waals surface area contributed by atoms with Crippen molar-refractivity contribution in [2.45, 2.75) is 58.4 Å². The zero-order valence-corrected chi connectivity index (χ0v) is 11.1. The molecule has 0 aromatic carbocycles. The molecule has 0 radical (unpaired) electrons. The molecule has 0 bridgehead atoms. The molecule has 0 aromatic heterocycles. The number of nitrogens with zero attached hydrogens (tertiary/aromatic N) is 1. The van der Waals surface area contributed by atoms with Crippen molar-refractivity contribution in [2.75, 3.05) is 13.2 Å². The summed E-state index contributed by atoms with van der Waals surface area (Å²) in [7, 11) is 0. The predicted octanol–water partition coefficient (Wildman–Crippen LogP) is 1.74. The number of amides is 1. The molecular weight excluding hydrogens is 222 g/mol. The minimum atomic E-state index is -0.595. The minimum Gasteiger partial charge on any atom is -0.444 e. The van der Waals surface area contributed by atoms with Gasteiger partial charge < -0.3 is 14.6 Å². The number of hydrogen-bond donors (Lipinski definition) is 1. The molecule has 100 valence electrons. The molecule has 0 spiro atoms. The van der Waals surface area contributed by atoms with E-state index in [-0.39, 0.29) is 12.6 Å². The van der Waals surface area contributed by atoms with Gasteiger partial charge in [-0.3, -0.25) is 4.90 Å². The van der Waals surface area contributed by atoms with Gasteiger partial charge in [-0.1, -0.05) is 0 Å². The average molecular weight is 245 g/mol. The van der Waals surface area contributed by atoms with Gasteiger partial charge in [0.05, 0.1) is 6.61 Å². The molecule has 1 aliphatic carbocycles. The quantitative estimate of drug-likeness (QED) is 0.749. The molecule has 1 saturated carbocycles. The Labute approximate surface area is 103 Å². The highest BCUT2D eigenvalue weighted by atomic mass is 16.6. The topological polar surface area (TPSA) is 59.0 Å². The summed E-state index contributed by atoms with van der Waals surface area (Å²) in [6, 6.07) is 0.147. The number of aliphatic hydroxyl groups is 1. The van der Waals surface area contributed by atoms with Gasteiger partial charge in [0.1, 0.15) is 5.60 Å². The maximum Gasteiger partial charge on any atom is 0.412 e. The summed E-state index contributed by atoms with van der Waals surface area (Å²) in [6.45, 7) is 7.56. The molecule has 1 unspecified atom stereocenters. The van der Waals surface area contributed by atoms with E-state index in [0.717, 1.165) is 12.8 Å². The molecule has 0 aliphatic heterocycles. The molecule has 1 rings (SSSR count). The fourth-order valence-corrected chi connectivity index (χ4v) is 1.58. The first-order valence-electron chi connectivity index (χ1n) is 6.12. The smallest absolute Gasteiger partial charge is 0.412 e. The molecule has 0 aromatic rings. The summed E-state index contributed by atoms with van der Waals surface area (Å²) in [5, 5.41) is 9.28. The lowest BCUT2D eigenvalue weighted by molar-refractivity contribution is -0.0888. The van der Waals surface area contributed by atoms with Crippen LogP contribution in [0.2, 0.25) is 0 Å². The zero-order chi connectivity index (χ0) is 13.1. The maximum atomic E-state index is 12.0. The molecule has 1 aliphatic rings. The van der Waals surface area contributed by atoms with Crippen molar-refractivity contribution >= 4 is 6.09 Å². The molecule has 0 heterocycles. The Hall–Kier alpha value is -0.810. The Balaban J connectivity index is 2.67. The molecular formula is C12H23NO4. The number of rotatable bonds is 5. The monoisotopic (exact) mass is 245 g/mol. The Kier molecular flexibility index (Phi) is 4.77. The Morgan fingerprint density at radius 1 is 1.47 bits per heavy atom. The van der Waals surface area contributed by atoms with Crippen LogP contribution in [0.5, 0.6) is 0 Å². The molecule has 5 heteroatoms. The summed E-state index contributed by atoms with van der Waals surface area (Å²) in [5.41, 5.74) is -0.531. The van der Waals surface area contributed by atoms with E-state index < -0.39 is 17.9 Å². The Morgan fingerprint density at radius 2 is 2.06 bits per heavy atom. The zero-order valence-electron chi connectivity index (χ0n) is 11.1. The van der Waals surface area contributed by atoms with Crippen molar-refractivity contribution < 1.29 is 19.4 Å². The Bertz CT molecular complexity index is 258. The van der Waals surface area contributed by atoms with E-state index in [2.05, 4.69) is 0 Å². The average Bonchev–Trinajstić information content (AvgIpc) is 2.98.